The number of hydrogen-bond donors (Lipinski definition) is 1. The molecule has 5 heteroatoms. The highest BCUT2D eigenvalue weighted by molar-refractivity contribution is 9.10. The van der Waals surface area contributed by atoms with Gasteiger partial charge in [0, 0.05) is 24.1 Å². The monoisotopic (exact) mass is 408 g/mol. The zero-order valence-corrected chi connectivity index (χ0v) is 16.8. The van der Waals surface area contributed by atoms with Crippen LogP contribution in [-0.4, -0.2) is 49.2 Å². The molecule has 1 heterocycles. The average Bonchev–Trinajstić information content (AvgIpc) is 3.36. The van der Waals surface area contributed by atoms with Crippen LogP contribution < -0.4 is 5.32 Å². The Morgan fingerprint density at radius 1 is 1.20 bits per heavy atom. The van der Waals surface area contributed by atoms with Crippen molar-refractivity contribution >= 4 is 21.8 Å². The van der Waals surface area contributed by atoms with Gasteiger partial charge in [-0.05, 0) is 63.8 Å². The molecule has 1 saturated heterocycles. The SMILES string of the molecule is CC1CN(CCCCNC(=O)C2(c3ccc(Br)cc3)CC2)CC(C)O1. The highest BCUT2D eigenvalue weighted by Crippen LogP contribution is 2.48. The van der Waals surface area contributed by atoms with Crippen molar-refractivity contribution < 1.29 is 9.53 Å². The molecule has 1 aromatic carbocycles. The van der Waals surface area contributed by atoms with Gasteiger partial charge in [-0.25, -0.2) is 0 Å². The zero-order valence-electron chi connectivity index (χ0n) is 15.3. The van der Waals surface area contributed by atoms with Gasteiger partial charge in [0.2, 0.25) is 5.91 Å². The molecular formula is C20H29BrN2O2. The van der Waals surface area contributed by atoms with Gasteiger partial charge in [-0.1, -0.05) is 28.1 Å². The molecular weight excluding hydrogens is 380 g/mol. The number of carbonyl (C=O) groups excluding carboxylic acids is 1. The lowest BCUT2D eigenvalue weighted by atomic mass is 9.95. The summed E-state index contributed by atoms with van der Waals surface area (Å²) in [6, 6.07) is 8.18. The lowest BCUT2D eigenvalue weighted by molar-refractivity contribution is -0.123. The molecule has 1 aliphatic heterocycles. The molecule has 1 aromatic rings. The van der Waals surface area contributed by atoms with Crippen LogP contribution in [0.4, 0.5) is 0 Å². The van der Waals surface area contributed by atoms with Crippen molar-refractivity contribution in [3.63, 3.8) is 0 Å². The Bertz CT molecular complexity index is 576. The standard InChI is InChI=1S/C20H29BrN2O2/c1-15-13-23(14-16(2)25-15)12-4-3-11-22-19(24)20(9-10-20)17-5-7-18(21)8-6-17/h5-8,15-16H,3-4,9-14H2,1-2H3,(H,22,24). The Morgan fingerprint density at radius 3 is 2.44 bits per heavy atom. The van der Waals surface area contributed by atoms with E-state index < -0.39 is 0 Å². The number of nitrogens with zero attached hydrogens (tertiary/aromatic N) is 1. The number of carbonyl (C=O) groups is 1. The van der Waals surface area contributed by atoms with Gasteiger partial charge in [-0.2, -0.15) is 0 Å². The molecule has 0 bridgehead atoms. The molecule has 1 saturated carbocycles. The van der Waals surface area contributed by atoms with E-state index in [9.17, 15) is 4.79 Å². The van der Waals surface area contributed by atoms with Gasteiger partial charge >= 0.3 is 0 Å². The number of nitrogens with one attached hydrogen (secondary N) is 1. The fourth-order valence-electron chi connectivity index (χ4n) is 3.84. The number of amides is 1. The Kier molecular flexibility index (Phi) is 6.18. The first kappa shape index (κ1) is 18.9. The van der Waals surface area contributed by atoms with E-state index in [-0.39, 0.29) is 11.3 Å². The molecule has 2 aliphatic rings. The van der Waals surface area contributed by atoms with E-state index in [4.69, 9.17) is 4.74 Å². The molecule has 1 N–H and O–H groups in total. The number of hydrogen-bond acceptors (Lipinski definition) is 3. The molecule has 0 spiro atoms. The molecule has 0 radical (unpaired) electrons. The molecule has 3 rings (SSSR count). The van der Waals surface area contributed by atoms with E-state index in [1.165, 1.54) is 0 Å². The van der Waals surface area contributed by atoms with Crippen molar-refractivity contribution in [1.29, 1.82) is 0 Å². The predicted octanol–water partition coefficient (Wildman–Crippen LogP) is 3.49. The summed E-state index contributed by atoms with van der Waals surface area (Å²) < 4.78 is 6.82. The quantitative estimate of drug-likeness (QED) is 0.702. The number of morpholine rings is 1. The van der Waals surface area contributed by atoms with Crippen LogP contribution in [0.25, 0.3) is 0 Å². The number of halogens is 1. The van der Waals surface area contributed by atoms with Crippen LogP contribution in [0.2, 0.25) is 0 Å². The largest absolute Gasteiger partial charge is 0.373 e. The van der Waals surface area contributed by atoms with E-state index in [1.54, 1.807) is 0 Å². The third kappa shape index (κ3) is 4.83. The molecule has 0 aromatic heterocycles. The molecule has 2 atom stereocenters. The van der Waals surface area contributed by atoms with Crippen LogP contribution >= 0.6 is 15.9 Å². The van der Waals surface area contributed by atoms with Crippen molar-refractivity contribution in [2.45, 2.75) is 57.2 Å². The van der Waals surface area contributed by atoms with Gasteiger partial charge in [-0.15, -0.1) is 0 Å². The van der Waals surface area contributed by atoms with E-state index in [0.717, 1.165) is 61.9 Å². The van der Waals surface area contributed by atoms with E-state index in [2.05, 4.69) is 52.1 Å². The minimum atomic E-state index is -0.268. The van der Waals surface area contributed by atoms with E-state index in [1.807, 2.05) is 12.1 Å². The molecule has 4 nitrogen and oxygen atoms in total. The van der Waals surface area contributed by atoms with Crippen LogP contribution in [0.5, 0.6) is 0 Å². The predicted molar refractivity (Wildman–Crippen MR) is 104 cm³/mol. The van der Waals surface area contributed by atoms with Crippen molar-refractivity contribution in [2.75, 3.05) is 26.2 Å². The summed E-state index contributed by atoms with van der Waals surface area (Å²) in [4.78, 5) is 15.1. The third-order valence-corrected chi connectivity index (χ3v) is 5.79. The second-order valence-electron chi connectivity index (χ2n) is 7.57. The second-order valence-corrected chi connectivity index (χ2v) is 8.48. The topological polar surface area (TPSA) is 41.6 Å². The van der Waals surface area contributed by atoms with Crippen LogP contribution in [0, 0.1) is 0 Å². The van der Waals surface area contributed by atoms with Crippen LogP contribution in [0.3, 0.4) is 0 Å². The smallest absolute Gasteiger partial charge is 0.230 e. The maximum Gasteiger partial charge on any atom is 0.230 e. The maximum absolute atomic E-state index is 12.6. The average molecular weight is 409 g/mol. The summed E-state index contributed by atoms with van der Waals surface area (Å²) in [5.41, 5.74) is 0.875. The molecule has 25 heavy (non-hydrogen) atoms. The van der Waals surface area contributed by atoms with Crippen molar-refractivity contribution in [3.8, 4) is 0 Å². The number of benzene rings is 1. The lowest BCUT2D eigenvalue weighted by Gasteiger charge is -2.35. The first-order valence-electron chi connectivity index (χ1n) is 9.42. The fraction of sp³-hybridized carbons (Fsp3) is 0.650. The van der Waals surface area contributed by atoms with Gasteiger partial charge in [-0.3, -0.25) is 9.69 Å². The number of unbranched alkanes of at least 4 members (excludes halogenated alkanes) is 1. The molecule has 1 amide bonds. The van der Waals surface area contributed by atoms with Gasteiger partial charge in [0.1, 0.15) is 0 Å². The van der Waals surface area contributed by atoms with Gasteiger partial charge < -0.3 is 10.1 Å². The van der Waals surface area contributed by atoms with Gasteiger partial charge in [0.05, 0.1) is 17.6 Å². The Hall–Kier alpha value is -0.910. The third-order valence-electron chi connectivity index (χ3n) is 5.26. The van der Waals surface area contributed by atoms with Crippen LogP contribution in [-0.2, 0) is 14.9 Å². The number of ether oxygens (including phenoxy) is 1. The van der Waals surface area contributed by atoms with Gasteiger partial charge in [0.25, 0.3) is 0 Å². The van der Waals surface area contributed by atoms with Crippen molar-refractivity contribution in [2.24, 2.45) is 0 Å². The summed E-state index contributed by atoms with van der Waals surface area (Å²) in [5, 5.41) is 3.16. The highest BCUT2D eigenvalue weighted by Gasteiger charge is 2.50. The molecule has 1 aliphatic carbocycles. The normalized spacial score (nSPS) is 25.6. The lowest BCUT2D eigenvalue weighted by Crippen LogP contribution is -2.45. The number of rotatable bonds is 7. The molecule has 138 valence electrons. The summed E-state index contributed by atoms with van der Waals surface area (Å²) >= 11 is 3.46. The summed E-state index contributed by atoms with van der Waals surface area (Å²) in [7, 11) is 0. The summed E-state index contributed by atoms with van der Waals surface area (Å²) in [6.45, 7) is 8.17. The van der Waals surface area contributed by atoms with Crippen molar-refractivity contribution in [3.05, 3.63) is 34.3 Å². The second kappa shape index (κ2) is 8.19. The van der Waals surface area contributed by atoms with E-state index in [0.29, 0.717) is 12.2 Å². The molecule has 2 fully saturated rings. The Morgan fingerprint density at radius 2 is 1.84 bits per heavy atom. The van der Waals surface area contributed by atoms with Gasteiger partial charge in [0.15, 0.2) is 0 Å². The van der Waals surface area contributed by atoms with Crippen LogP contribution in [0.15, 0.2) is 28.7 Å². The molecule has 2 unspecified atom stereocenters. The van der Waals surface area contributed by atoms with Crippen molar-refractivity contribution in [1.82, 2.24) is 10.2 Å². The Labute approximate surface area is 159 Å². The van der Waals surface area contributed by atoms with Crippen LogP contribution in [0.1, 0.15) is 45.1 Å². The maximum atomic E-state index is 12.6. The fourth-order valence-corrected chi connectivity index (χ4v) is 4.10. The zero-order chi connectivity index (χ0) is 17.9. The Balaban J connectivity index is 1.38. The summed E-state index contributed by atoms with van der Waals surface area (Å²) in [6.07, 6.45) is 4.72. The minimum absolute atomic E-state index is 0.198. The summed E-state index contributed by atoms with van der Waals surface area (Å²) in [5.74, 6) is 0.198. The first-order valence-corrected chi connectivity index (χ1v) is 10.2. The highest BCUT2D eigenvalue weighted by atomic mass is 79.9. The first-order chi connectivity index (χ1) is 12.0. The van der Waals surface area contributed by atoms with E-state index >= 15 is 0 Å². The minimum Gasteiger partial charge on any atom is -0.373 e.